The van der Waals surface area contributed by atoms with Crippen molar-refractivity contribution >= 4 is 23.5 Å². The minimum Gasteiger partial charge on any atom is -0.367 e. The highest BCUT2D eigenvalue weighted by molar-refractivity contribution is 6.30. The number of carbonyl (C=O) groups is 1. The molecule has 0 saturated carbocycles. The van der Waals surface area contributed by atoms with E-state index in [-0.39, 0.29) is 24.4 Å². The van der Waals surface area contributed by atoms with Crippen molar-refractivity contribution in [2.75, 3.05) is 12.3 Å². The molecular weight excluding hydrogens is 290 g/mol. The van der Waals surface area contributed by atoms with Gasteiger partial charge in [0.2, 0.25) is 11.9 Å². The van der Waals surface area contributed by atoms with Crippen LogP contribution in [0, 0.1) is 0 Å². The summed E-state index contributed by atoms with van der Waals surface area (Å²) in [5, 5.41) is 4.64. The lowest BCUT2D eigenvalue weighted by molar-refractivity contribution is -0.133. The van der Waals surface area contributed by atoms with Gasteiger partial charge >= 0.3 is 0 Å². The summed E-state index contributed by atoms with van der Waals surface area (Å²) in [7, 11) is 0. The number of nitrogen functional groups attached to an aromatic ring is 1. The SMILES string of the molecule is Nc1ncn(CC(=O)N2CCCC2c2cccc(Cl)c2)n1. The number of anilines is 1. The number of hydrogen-bond acceptors (Lipinski definition) is 4. The number of halogens is 1. The van der Waals surface area contributed by atoms with Crippen molar-refractivity contribution in [1.29, 1.82) is 0 Å². The van der Waals surface area contributed by atoms with Gasteiger partial charge in [-0.1, -0.05) is 23.7 Å². The van der Waals surface area contributed by atoms with Crippen LogP contribution in [0.15, 0.2) is 30.6 Å². The summed E-state index contributed by atoms with van der Waals surface area (Å²) in [5.74, 6) is 0.193. The van der Waals surface area contributed by atoms with Gasteiger partial charge in [-0.2, -0.15) is 0 Å². The van der Waals surface area contributed by atoms with Gasteiger partial charge in [0.05, 0.1) is 6.04 Å². The molecule has 21 heavy (non-hydrogen) atoms. The second-order valence-electron chi connectivity index (χ2n) is 5.10. The smallest absolute Gasteiger partial charge is 0.244 e. The number of likely N-dealkylation sites (tertiary alicyclic amines) is 1. The lowest BCUT2D eigenvalue weighted by Gasteiger charge is -2.25. The summed E-state index contributed by atoms with van der Waals surface area (Å²) in [6.07, 6.45) is 3.41. The summed E-state index contributed by atoms with van der Waals surface area (Å²) in [5.41, 5.74) is 6.54. The Kier molecular flexibility index (Phi) is 3.79. The molecule has 1 aliphatic heterocycles. The molecule has 6 nitrogen and oxygen atoms in total. The fourth-order valence-electron chi connectivity index (χ4n) is 2.74. The van der Waals surface area contributed by atoms with E-state index in [1.807, 2.05) is 29.2 Å². The zero-order valence-corrected chi connectivity index (χ0v) is 12.2. The Morgan fingerprint density at radius 1 is 1.48 bits per heavy atom. The Bertz CT molecular complexity index is 656. The van der Waals surface area contributed by atoms with E-state index in [1.165, 1.54) is 11.0 Å². The maximum absolute atomic E-state index is 12.5. The van der Waals surface area contributed by atoms with E-state index in [4.69, 9.17) is 17.3 Å². The Balaban J connectivity index is 1.75. The van der Waals surface area contributed by atoms with Gasteiger partial charge in [0, 0.05) is 11.6 Å². The minimum atomic E-state index is 0.0161. The molecule has 2 N–H and O–H groups in total. The van der Waals surface area contributed by atoms with Gasteiger partial charge in [-0.15, -0.1) is 5.10 Å². The van der Waals surface area contributed by atoms with Gasteiger partial charge in [0.15, 0.2) is 0 Å². The molecule has 110 valence electrons. The van der Waals surface area contributed by atoms with Crippen LogP contribution in [0.3, 0.4) is 0 Å². The molecular formula is C14H16ClN5O. The van der Waals surface area contributed by atoms with Crippen LogP contribution in [0.2, 0.25) is 5.02 Å². The van der Waals surface area contributed by atoms with Crippen molar-refractivity contribution in [3.63, 3.8) is 0 Å². The first-order chi connectivity index (χ1) is 10.1. The molecule has 3 rings (SSSR count). The predicted octanol–water partition coefficient (Wildman–Crippen LogP) is 1.88. The summed E-state index contributed by atoms with van der Waals surface area (Å²) in [6.45, 7) is 0.904. The maximum atomic E-state index is 12.5. The number of aromatic nitrogens is 3. The molecule has 2 heterocycles. The van der Waals surface area contributed by atoms with Crippen LogP contribution in [0.25, 0.3) is 0 Å². The number of rotatable bonds is 3. The average molecular weight is 306 g/mol. The summed E-state index contributed by atoms with van der Waals surface area (Å²) < 4.78 is 1.46. The molecule has 1 unspecified atom stereocenters. The number of nitrogens with zero attached hydrogens (tertiary/aromatic N) is 4. The summed E-state index contributed by atoms with van der Waals surface area (Å²) in [6, 6.07) is 7.76. The second kappa shape index (κ2) is 5.73. The minimum absolute atomic E-state index is 0.0161. The highest BCUT2D eigenvalue weighted by Gasteiger charge is 2.30. The zero-order chi connectivity index (χ0) is 14.8. The van der Waals surface area contributed by atoms with E-state index in [0.717, 1.165) is 24.9 Å². The predicted molar refractivity (Wildman–Crippen MR) is 79.6 cm³/mol. The van der Waals surface area contributed by atoms with E-state index >= 15 is 0 Å². The standard InChI is InChI=1S/C14H16ClN5O/c15-11-4-1-3-10(7-11)12-5-2-6-20(12)13(21)8-19-9-17-14(16)18-19/h1,3-4,7,9,12H,2,5-6,8H2,(H2,16,18). The molecule has 2 aromatic rings. The Hall–Kier alpha value is -2.08. The Morgan fingerprint density at radius 3 is 3.05 bits per heavy atom. The molecule has 0 aliphatic carbocycles. The van der Waals surface area contributed by atoms with Crippen LogP contribution in [0.1, 0.15) is 24.4 Å². The first-order valence-electron chi connectivity index (χ1n) is 6.83. The van der Waals surface area contributed by atoms with Crippen molar-refractivity contribution in [1.82, 2.24) is 19.7 Å². The van der Waals surface area contributed by atoms with Gasteiger partial charge in [-0.3, -0.25) is 4.79 Å². The number of nitrogens with two attached hydrogens (primary N) is 1. The topological polar surface area (TPSA) is 77.0 Å². The quantitative estimate of drug-likeness (QED) is 0.939. The normalized spacial score (nSPS) is 18.1. The fourth-order valence-corrected chi connectivity index (χ4v) is 2.94. The lowest BCUT2D eigenvalue weighted by atomic mass is 10.0. The Morgan fingerprint density at radius 2 is 2.33 bits per heavy atom. The first kappa shape index (κ1) is 13.9. The fraction of sp³-hybridized carbons (Fsp3) is 0.357. The zero-order valence-electron chi connectivity index (χ0n) is 11.4. The monoisotopic (exact) mass is 305 g/mol. The molecule has 1 aliphatic rings. The number of benzene rings is 1. The van der Waals surface area contributed by atoms with Crippen molar-refractivity contribution in [3.05, 3.63) is 41.2 Å². The molecule has 1 amide bonds. The average Bonchev–Trinajstić information content (AvgIpc) is 3.07. The third-order valence-corrected chi connectivity index (χ3v) is 3.89. The second-order valence-corrected chi connectivity index (χ2v) is 5.54. The van der Waals surface area contributed by atoms with Gasteiger partial charge in [0.25, 0.3) is 0 Å². The van der Waals surface area contributed by atoms with E-state index in [9.17, 15) is 4.79 Å². The third-order valence-electron chi connectivity index (χ3n) is 3.66. The number of amides is 1. The van der Waals surface area contributed by atoms with Crippen LogP contribution in [-0.4, -0.2) is 32.1 Å². The lowest BCUT2D eigenvalue weighted by Crippen LogP contribution is -2.33. The molecule has 7 heteroatoms. The molecule has 0 bridgehead atoms. The largest absolute Gasteiger partial charge is 0.367 e. The van der Waals surface area contributed by atoms with Crippen LogP contribution in [0.5, 0.6) is 0 Å². The van der Waals surface area contributed by atoms with Crippen LogP contribution < -0.4 is 5.73 Å². The summed E-state index contributed by atoms with van der Waals surface area (Å²) >= 11 is 6.04. The van der Waals surface area contributed by atoms with Gasteiger partial charge in [-0.25, -0.2) is 9.67 Å². The highest BCUT2D eigenvalue weighted by atomic mass is 35.5. The van der Waals surface area contributed by atoms with Crippen LogP contribution >= 0.6 is 11.6 Å². The van der Waals surface area contributed by atoms with E-state index in [1.54, 1.807) is 0 Å². The van der Waals surface area contributed by atoms with Gasteiger partial charge in [0.1, 0.15) is 12.9 Å². The Labute approximate surface area is 127 Å². The van der Waals surface area contributed by atoms with Crippen LogP contribution in [-0.2, 0) is 11.3 Å². The highest BCUT2D eigenvalue weighted by Crippen LogP contribution is 2.33. The molecule has 1 saturated heterocycles. The number of hydrogen-bond donors (Lipinski definition) is 1. The van der Waals surface area contributed by atoms with Gasteiger partial charge in [-0.05, 0) is 30.5 Å². The maximum Gasteiger partial charge on any atom is 0.244 e. The molecule has 1 aromatic carbocycles. The first-order valence-corrected chi connectivity index (χ1v) is 7.21. The molecule has 0 spiro atoms. The van der Waals surface area contributed by atoms with Crippen molar-refractivity contribution in [2.45, 2.75) is 25.4 Å². The molecule has 1 atom stereocenters. The van der Waals surface area contributed by atoms with Crippen molar-refractivity contribution in [2.24, 2.45) is 0 Å². The van der Waals surface area contributed by atoms with E-state index in [2.05, 4.69) is 10.1 Å². The summed E-state index contributed by atoms with van der Waals surface area (Å²) in [4.78, 5) is 18.2. The van der Waals surface area contributed by atoms with E-state index < -0.39 is 0 Å². The van der Waals surface area contributed by atoms with Gasteiger partial charge < -0.3 is 10.6 Å². The van der Waals surface area contributed by atoms with E-state index in [0.29, 0.717) is 5.02 Å². The van der Waals surface area contributed by atoms with Crippen molar-refractivity contribution < 1.29 is 4.79 Å². The molecule has 0 radical (unpaired) electrons. The molecule has 1 fully saturated rings. The molecule has 1 aromatic heterocycles. The number of carbonyl (C=O) groups excluding carboxylic acids is 1. The van der Waals surface area contributed by atoms with Crippen LogP contribution in [0.4, 0.5) is 5.95 Å². The van der Waals surface area contributed by atoms with Crippen molar-refractivity contribution in [3.8, 4) is 0 Å². The third kappa shape index (κ3) is 3.00.